The molecule has 5 unspecified atom stereocenters. The Balaban J connectivity index is 1.35. The van der Waals surface area contributed by atoms with Gasteiger partial charge in [-0.25, -0.2) is 0 Å². The van der Waals surface area contributed by atoms with Gasteiger partial charge in [-0.15, -0.1) is 0 Å². The van der Waals surface area contributed by atoms with E-state index in [-0.39, 0.29) is 30.2 Å². The molecule has 0 saturated carbocycles. The summed E-state index contributed by atoms with van der Waals surface area (Å²) in [6.45, 7) is 3.13. The molecule has 5 rings (SSSR count). The summed E-state index contributed by atoms with van der Waals surface area (Å²) < 4.78 is 0. The van der Waals surface area contributed by atoms with E-state index in [2.05, 4.69) is 76.3 Å². The van der Waals surface area contributed by atoms with E-state index in [4.69, 9.17) is 0 Å². The first-order valence-electron chi connectivity index (χ1n) is 10.6. The van der Waals surface area contributed by atoms with Gasteiger partial charge in [0.15, 0.2) is 6.29 Å². The highest BCUT2D eigenvalue weighted by molar-refractivity contribution is 5.82. The molecule has 29 heavy (non-hydrogen) atoms. The zero-order chi connectivity index (χ0) is 19.8. The summed E-state index contributed by atoms with van der Waals surface area (Å²) in [5.74, 6) is 0.247. The van der Waals surface area contributed by atoms with Crippen LogP contribution in [-0.2, 0) is 11.2 Å². The molecule has 5 nitrogen and oxygen atoms in total. The molecular formula is C24H28N4O. The highest BCUT2D eigenvalue weighted by Crippen LogP contribution is 2.35. The molecule has 3 N–H and O–H groups in total. The Morgan fingerprint density at radius 1 is 1.07 bits per heavy atom. The van der Waals surface area contributed by atoms with E-state index in [1.165, 1.54) is 16.8 Å². The summed E-state index contributed by atoms with van der Waals surface area (Å²) in [6, 6.07) is 19.1. The van der Waals surface area contributed by atoms with Crippen molar-refractivity contribution in [1.82, 2.24) is 16.0 Å². The van der Waals surface area contributed by atoms with Crippen LogP contribution in [0.25, 0.3) is 6.08 Å². The number of carbonyl (C=O) groups is 1. The predicted octanol–water partition coefficient (Wildman–Crippen LogP) is 2.71. The molecule has 3 aliphatic heterocycles. The van der Waals surface area contributed by atoms with Gasteiger partial charge in [0.1, 0.15) is 0 Å². The van der Waals surface area contributed by atoms with Crippen LogP contribution >= 0.6 is 0 Å². The Kier molecular flexibility index (Phi) is 4.86. The summed E-state index contributed by atoms with van der Waals surface area (Å²) in [4.78, 5) is 15.5. The number of hydrogen-bond donors (Lipinski definition) is 3. The van der Waals surface area contributed by atoms with Crippen LogP contribution in [0.15, 0.2) is 60.7 Å². The molecule has 3 heterocycles. The van der Waals surface area contributed by atoms with Gasteiger partial charge in [-0.1, -0.05) is 60.7 Å². The lowest BCUT2D eigenvalue weighted by molar-refractivity contribution is -0.132. The summed E-state index contributed by atoms with van der Waals surface area (Å²) in [6.07, 6.45) is 6.12. The van der Waals surface area contributed by atoms with Crippen molar-refractivity contribution in [2.45, 2.75) is 38.3 Å². The van der Waals surface area contributed by atoms with Crippen LogP contribution in [0, 0.1) is 11.8 Å². The van der Waals surface area contributed by atoms with E-state index in [0.29, 0.717) is 6.04 Å². The fourth-order valence-electron chi connectivity index (χ4n) is 5.06. The van der Waals surface area contributed by atoms with Gasteiger partial charge in [0.2, 0.25) is 5.91 Å². The Bertz CT molecular complexity index is 912. The second-order valence-electron chi connectivity index (χ2n) is 8.35. The second kappa shape index (κ2) is 7.65. The molecule has 2 aromatic rings. The fraction of sp³-hybridized carbons (Fsp3) is 0.375. The third-order valence-corrected chi connectivity index (χ3v) is 6.46. The molecule has 0 spiro atoms. The Labute approximate surface area is 172 Å². The van der Waals surface area contributed by atoms with Crippen LogP contribution in [-0.4, -0.2) is 30.9 Å². The third-order valence-electron chi connectivity index (χ3n) is 6.46. The number of piperidine rings is 1. The maximum atomic E-state index is 13.2. The Morgan fingerprint density at radius 3 is 2.72 bits per heavy atom. The van der Waals surface area contributed by atoms with E-state index in [0.717, 1.165) is 19.4 Å². The van der Waals surface area contributed by atoms with Crippen molar-refractivity contribution in [1.29, 1.82) is 0 Å². The van der Waals surface area contributed by atoms with Gasteiger partial charge < -0.3 is 15.5 Å². The van der Waals surface area contributed by atoms with Gasteiger partial charge in [0.25, 0.3) is 0 Å². The van der Waals surface area contributed by atoms with E-state index in [1.54, 1.807) is 0 Å². The second-order valence-corrected chi connectivity index (χ2v) is 8.35. The van der Waals surface area contributed by atoms with Gasteiger partial charge in [-0.3, -0.25) is 10.1 Å². The van der Waals surface area contributed by atoms with Crippen LogP contribution in [0.3, 0.4) is 0 Å². The minimum atomic E-state index is -0.188. The van der Waals surface area contributed by atoms with Gasteiger partial charge in [-0.05, 0) is 49.4 Å². The molecule has 3 aliphatic rings. The molecule has 0 aliphatic carbocycles. The molecule has 0 bridgehead atoms. The van der Waals surface area contributed by atoms with Gasteiger partial charge in [0.05, 0.1) is 12.1 Å². The van der Waals surface area contributed by atoms with Crippen LogP contribution in [0.5, 0.6) is 0 Å². The van der Waals surface area contributed by atoms with Crippen LogP contribution < -0.4 is 20.9 Å². The molecule has 5 atom stereocenters. The first-order valence-corrected chi connectivity index (χ1v) is 10.6. The quantitative estimate of drug-likeness (QED) is 0.757. The van der Waals surface area contributed by atoms with Crippen molar-refractivity contribution < 1.29 is 4.79 Å². The largest absolute Gasteiger partial charge is 0.336 e. The molecule has 2 aromatic carbocycles. The number of nitrogens with zero attached hydrogens (tertiary/aromatic N) is 1. The first kappa shape index (κ1) is 18.4. The van der Waals surface area contributed by atoms with E-state index >= 15 is 0 Å². The number of amides is 1. The number of rotatable bonds is 3. The van der Waals surface area contributed by atoms with E-state index < -0.39 is 0 Å². The highest BCUT2D eigenvalue weighted by atomic mass is 16.2. The third kappa shape index (κ3) is 3.45. The van der Waals surface area contributed by atoms with Crippen LogP contribution in [0.4, 0.5) is 5.69 Å². The number of hydrogen-bond acceptors (Lipinski definition) is 4. The Hall–Kier alpha value is -2.63. The summed E-state index contributed by atoms with van der Waals surface area (Å²) in [7, 11) is 0. The molecule has 2 fully saturated rings. The summed E-state index contributed by atoms with van der Waals surface area (Å²) in [5, 5.41) is 10.5. The zero-order valence-electron chi connectivity index (χ0n) is 16.7. The lowest BCUT2D eigenvalue weighted by Crippen LogP contribution is -2.73. The van der Waals surface area contributed by atoms with E-state index in [1.807, 2.05) is 18.2 Å². The summed E-state index contributed by atoms with van der Waals surface area (Å²) in [5.41, 5.74) is 3.73. The number of para-hydroxylation sites is 1. The zero-order valence-corrected chi connectivity index (χ0v) is 16.7. The van der Waals surface area contributed by atoms with Gasteiger partial charge in [0, 0.05) is 11.7 Å². The van der Waals surface area contributed by atoms with Crippen molar-refractivity contribution in [2.75, 3.05) is 11.4 Å². The highest BCUT2D eigenvalue weighted by Gasteiger charge is 2.45. The van der Waals surface area contributed by atoms with Crippen molar-refractivity contribution in [3.8, 4) is 0 Å². The number of anilines is 1. The van der Waals surface area contributed by atoms with Crippen molar-refractivity contribution in [3.05, 3.63) is 71.8 Å². The van der Waals surface area contributed by atoms with Crippen LogP contribution in [0.1, 0.15) is 24.5 Å². The number of carbonyl (C=O) groups excluding carboxylic acids is 1. The molecule has 0 radical (unpaired) electrons. The standard InChI is InChI=1S/C24H28N4O/c1-16-15-19-9-5-6-10-20(19)28(16)24-26-22-21(23(29)27-24)18(13-14-25-22)12-11-17-7-3-2-4-8-17/h2-12,16,18,21-22,24-26H,13-15H2,1H3,(H,27,29)/b12-11+. The number of fused-ring (bicyclic) bond motifs is 2. The van der Waals surface area contributed by atoms with Gasteiger partial charge >= 0.3 is 0 Å². The minimum absolute atomic E-state index is 0.0205. The lowest BCUT2D eigenvalue weighted by Gasteiger charge is -2.47. The topological polar surface area (TPSA) is 56.4 Å². The molecule has 1 amide bonds. The average molecular weight is 389 g/mol. The number of benzene rings is 2. The van der Waals surface area contributed by atoms with Crippen molar-refractivity contribution >= 4 is 17.7 Å². The maximum Gasteiger partial charge on any atom is 0.229 e. The monoisotopic (exact) mass is 388 g/mol. The smallest absolute Gasteiger partial charge is 0.229 e. The molecule has 0 aromatic heterocycles. The molecular weight excluding hydrogens is 360 g/mol. The van der Waals surface area contributed by atoms with Crippen LogP contribution in [0.2, 0.25) is 0 Å². The lowest BCUT2D eigenvalue weighted by atomic mass is 9.81. The predicted molar refractivity (Wildman–Crippen MR) is 116 cm³/mol. The van der Waals surface area contributed by atoms with Crippen molar-refractivity contribution in [2.24, 2.45) is 11.8 Å². The van der Waals surface area contributed by atoms with Gasteiger partial charge in [-0.2, -0.15) is 0 Å². The summed E-state index contributed by atoms with van der Waals surface area (Å²) >= 11 is 0. The van der Waals surface area contributed by atoms with Crippen molar-refractivity contribution in [3.63, 3.8) is 0 Å². The first-order chi connectivity index (χ1) is 14.2. The normalized spacial score (nSPS) is 31.4. The SMILES string of the molecule is CC1Cc2ccccc2N1C1NC(=O)C2C(/C=C/c3ccccc3)CCNC2N1. The molecule has 150 valence electrons. The maximum absolute atomic E-state index is 13.2. The minimum Gasteiger partial charge on any atom is -0.336 e. The number of nitrogens with one attached hydrogen (secondary N) is 3. The average Bonchev–Trinajstić information content (AvgIpc) is 3.08. The Morgan fingerprint density at radius 2 is 1.86 bits per heavy atom. The fourth-order valence-corrected chi connectivity index (χ4v) is 5.06. The number of allylic oxidation sites excluding steroid dienone is 1. The molecule has 5 heteroatoms. The molecule has 2 saturated heterocycles. The van der Waals surface area contributed by atoms with E-state index in [9.17, 15) is 4.79 Å².